The van der Waals surface area contributed by atoms with Gasteiger partial charge in [0.25, 0.3) is 0 Å². The molecule has 2 aromatic rings. The third-order valence-electron chi connectivity index (χ3n) is 3.71. The van der Waals surface area contributed by atoms with Gasteiger partial charge in [0.15, 0.2) is 12.0 Å². The van der Waals surface area contributed by atoms with Gasteiger partial charge in [0.05, 0.1) is 24.8 Å². The molecule has 0 fully saturated rings. The minimum absolute atomic E-state index is 0.0722. The molecule has 0 bridgehead atoms. The average molecular weight is 300 g/mol. The number of benzene rings is 1. The molecule has 114 valence electrons. The first-order valence-electron chi connectivity index (χ1n) is 7.04. The Morgan fingerprint density at radius 3 is 2.91 bits per heavy atom. The van der Waals surface area contributed by atoms with Crippen molar-refractivity contribution in [3.05, 3.63) is 47.3 Å². The fraction of sp³-hybridized carbons (Fsp3) is 0.333. The molecule has 0 radical (unpaired) electrons. The van der Waals surface area contributed by atoms with Crippen molar-refractivity contribution < 1.29 is 14.3 Å². The van der Waals surface area contributed by atoms with E-state index < -0.39 is 6.09 Å². The summed E-state index contributed by atoms with van der Waals surface area (Å²) in [5.41, 5.74) is 1.85. The van der Waals surface area contributed by atoms with Crippen molar-refractivity contribution in [3.63, 3.8) is 0 Å². The Hall–Kier alpha value is -2.70. The molecule has 0 spiro atoms. The molecule has 0 aliphatic carbocycles. The average Bonchev–Trinajstić information content (AvgIpc) is 2.94. The van der Waals surface area contributed by atoms with Gasteiger partial charge in [-0.2, -0.15) is 0 Å². The predicted octanol–water partition coefficient (Wildman–Crippen LogP) is 1.63. The quantitative estimate of drug-likeness (QED) is 0.805. The van der Waals surface area contributed by atoms with E-state index in [1.54, 1.807) is 9.58 Å². The van der Waals surface area contributed by atoms with Crippen molar-refractivity contribution in [2.24, 2.45) is 0 Å². The highest BCUT2D eigenvalue weighted by Gasteiger charge is 2.30. The molecule has 0 N–H and O–H groups in total. The summed E-state index contributed by atoms with van der Waals surface area (Å²) in [5, 5.41) is 7.73. The van der Waals surface area contributed by atoms with Gasteiger partial charge in [-0.05, 0) is 12.5 Å². The number of fused-ring (bicyclic) bond motifs is 1. The molecule has 1 atom stereocenters. The Morgan fingerprint density at radius 1 is 1.41 bits per heavy atom. The van der Waals surface area contributed by atoms with Crippen LogP contribution in [0.3, 0.4) is 0 Å². The Balaban J connectivity index is 1.69. The van der Waals surface area contributed by atoms with Gasteiger partial charge >= 0.3 is 6.09 Å². The number of ether oxygens (including phenoxy) is 1. The van der Waals surface area contributed by atoms with Gasteiger partial charge < -0.3 is 4.74 Å². The third kappa shape index (κ3) is 2.69. The molecule has 1 aromatic heterocycles. The highest BCUT2D eigenvalue weighted by atomic mass is 16.6. The number of aldehydes is 1. The Bertz CT molecular complexity index is 683. The lowest BCUT2D eigenvalue weighted by Crippen LogP contribution is -2.45. The fourth-order valence-electron chi connectivity index (χ4n) is 2.46. The molecule has 1 aliphatic rings. The van der Waals surface area contributed by atoms with E-state index in [-0.39, 0.29) is 24.9 Å². The molecule has 0 saturated carbocycles. The first-order chi connectivity index (χ1) is 10.7. The molecule has 3 rings (SSSR count). The predicted molar refractivity (Wildman–Crippen MR) is 77.0 cm³/mol. The largest absolute Gasteiger partial charge is 0.445 e. The summed E-state index contributed by atoms with van der Waals surface area (Å²) in [7, 11) is 0. The summed E-state index contributed by atoms with van der Waals surface area (Å²) in [6, 6.07) is 9.43. The van der Waals surface area contributed by atoms with E-state index in [0.717, 1.165) is 5.56 Å². The zero-order valence-corrected chi connectivity index (χ0v) is 12.2. The summed E-state index contributed by atoms with van der Waals surface area (Å²) in [6.45, 7) is 2.91. The third-order valence-corrected chi connectivity index (χ3v) is 3.71. The Morgan fingerprint density at radius 2 is 2.18 bits per heavy atom. The van der Waals surface area contributed by atoms with Crippen molar-refractivity contribution >= 4 is 12.4 Å². The standard InChI is InChI=1S/C15H16N4O3/c1-11-7-19-14(13(9-20)16-17-19)8-18(11)15(21)22-10-12-5-3-2-4-6-12/h2-6,9,11H,7-8,10H2,1H3/t11-/m0/s1. The molecule has 22 heavy (non-hydrogen) atoms. The van der Waals surface area contributed by atoms with Crippen LogP contribution in [0.5, 0.6) is 0 Å². The zero-order chi connectivity index (χ0) is 15.5. The molecule has 2 heterocycles. The normalized spacial score (nSPS) is 17.0. The number of aromatic nitrogens is 3. The lowest BCUT2D eigenvalue weighted by Gasteiger charge is -2.32. The van der Waals surface area contributed by atoms with E-state index in [1.807, 2.05) is 37.3 Å². The fourth-order valence-corrected chi connectivity index (χ4v) is 2.46. The number of rotatable bonds is 3. The second-order valence-corrected chi connectivity index (χ2v) is 5.24. The van der Waals surface area contributed by atoms with Crippen LogP contribution in [0.4, 0.5) is 4.79 Å². The van der Waals surface area contributed by atoms with Gasteiger partial charge in [0.1, 0.15) is 6.61 Å². The minimum Gasteiger partial charge on any atom is -0.445 e. The summed E-state index contributed by atoms with van der Waals surface area (Å²) < 4.78 is 7.01. The Kier molecular flexibility index (Phi) is 3.86. The Labute approximate surface area is 127 Å². The first kappa shape index (κ1) is 14.2. The number of carbonyl (C=O) groups is 2. The SMILES string of the molecule is C[C@H]1Cn2nnc(C=O)c2CN1C(=O)OCc1ccccc1. The highest BCUT2D eigenvalue weighted by Crippen LogP contribution is 2.19. The lowest BCUT2D eigenvalue weighted by molar-refractivity contribution is 0.0666. The van der Waals surface area contributed by atoms with E-state index >= 15 is 0 Å². The van der Waals surface area contributed by atoms with E-state index in [1.165, 1.54) is 0 Å². The van der Waals surface area contributed by atoms with Crippen LogP contribution in [0.15, 0.2) is 30.3 Å². The van der Waals surface area contributed by atoms with Crippen LogP contribution in [0.2, 0.25) is 0 Å². The maximum Gasteiger partial charge on any atom is 0.410 e. The molecule has 1 aromatic carbocycles. The van der Waals surface area contributed by atoms with Crippen molar-refractivity contribution in [3.8, 4) is 0 Å². The van der Waals surface area contributed by atoms with Crippen LogP contribution in [-0.4, -0.2) is 38.3 Å². The lowest BCUT2D eigenvalue weighted by atomic mass is 10.2. The monoisotopic (exact) mass is 300 g/mol. The van der Waals surface area contributed by atoms with Crippen LogP contribution < -0.4 is 0 Å². The number of hydrogen-bond acceptors (Lipinski definition) is 5. The van der Waals surface area contributed by atoms with E-state index in [4.69, 9.17) is 4.74 Å². The van der Waals surface area contributed by atoms with Gasteiger partial charge in [0, 0.05) is 0 Å². The smallest absolute Gasteiger partial charge is 0.410 e. The molecule has 1 amide bonds. The van der Waals surface area contributed by atoms with Crippen LogP contribution in [0.1, 0.15) is 28.7 Å². The maximum absolute atomic E-state index is 12.3. The van der Waals surface area contributed by atoms with Gasteiger partial charge in [0.2, 0.25) is 0 Å². The van der Waals surface area contributed by atoms with Crippen LogP contribution in [-0.2, 0) is 24.4 Å². The molecular weight excluding hydrogens is 284 g/mol. The second kappa shape index (κ2) is 5.97. The highest BCUT2D eigenvalue weighted by molar-refractivity contribution is 5.74. The summed E-state index contributed by atoms with van der Waals surface area (Å²) in [5.74, 6) is 0. The second-order valence-electron chi connectivity index (χ2n) is 5.24. The van der Waals surface area contributed by atoms with Crippen molar-refractivity contribution in [2.75, 3.05) is 0 Å². The summed E-state index contributed by atoms with van der Waals surface area (Å²) >= 11 is 0. The molecular formula is C15H16N4O3. The van der Waals surface area contributed by atoms with Gasteiger partial charge in [-0.1, -0.05) is 35.5 Å². The van der Waals surface area contributed by atoms with E-state index in [2.05, 4.69) is 10.3 Å². The van der Waals surface area contributed by atoms with Crippen molar-refractivity contribution in [1.82, 2.24) is 19.9 Å². The number of carbonyl (C=O) groups excluding carboxylic acids is 2. The molecule has 7 nitrogen and oxygen atoms in total. The number of hydrogen-bond donors (Lipinski definition) is 0. The van der Waals surface area contributed by atoms with Gasteiger partial charge in [-0.15, -0.1) is 5.10 Å². The number of nitrogens with zero attached hydrogens (tertiary/aromatic N) is 4. The van der Waals surface area contributed by atoms with Gasteiger partial charge in [-0.3, -0.25) is 9.69 Å². The topological polar surface area (TPSA) is 77.3 Å². The maximum atomic E-state index is 12.3. The molecule has 0 unspecified atom stereocenters. The number of amides is 1. The van der Waals surface area contributed by atoms with Crippen LogP contribution >= 0.6 is 0 Å². The first-order valence-corrected chi connectivity index (χ1v) is 7.04. The minimum atomic E-state index is -0.402. The van der Waals surface area contributed by atoms with Crippen LogP contribution in [0.25, 0.3) is 0 Å². The van der Waals surface area contributed by atoms with Crippen molar-refractivity contribution in [2.45, 2.75) is 32.7 Å². The molecule has 0 saturated heterocycles. The zero-order valence-electron chi connectivity index (χ0n) is 12.2. The van der Waals surface area contributed by atoms with Crippen LogP contribution in [0, 0.1) is 0 Å². The van der Waals surface area contributed by atoms with E-state index in [0.29, 0.717) is 18.5 Å². The van der Waals surface area contributed by atoms with Crippen molar-refractivity contribution in [1.29, 1.82) is 0 Å². The molecule has 7 heteroatoms. The summed E-state index contributed by atoms with van der Waals surface area (Å²) in [4.78, 5) is 24.8. The van der Waals surface area contributed by atoms with Gasteiger partial charge in [-0.25, -0.2) is 9.48 Å². The summed E-state index contributed by atoms with van der Waals surface area (Å²) in [6.07, 6.45) is 0.253. The van der Waals surface area contributed by atoms with E-state index in [9.17, 15) is 9.59 Å². The molecule has 1 aliphatic heterocycles.